The highest BCUT2D eigenvalue weighted by Gasteiger charge is 2.20. The van der Waals surface area contributed by atoms with Gasteiger partial charge in [0.15, 0.2) is 5.65 Å². The molecular formula is C18H21ClN6O. The third-order valence-corrected chi connectivity index (χ3v) is 4.88. The summed E-state index contributed by atoms with van der Waals surface area (Å²) in [5.41, 5.74) is 2.47. The summed E-state index contributed by atoms with van der Waals surface area (Å²) >= 11 is 6.14. The summed E-state index contributed by atoms with van der Waals surface area (Å²) in [6, 6.07) is 4.05. The first-order chi connectivity index (χ1) is 12.5. The average Bonchev–Trinajstić information content (AvgIpc) is 3.19. The summed E-state index contributed by atoms with van der Waals surface area (Å²) in [4.78, 5) is 11.3. The number of methoxy groups -OCH3 is 1. The van der Waals surface area contributed by atoms with Crippen LogP contribution in [0.2, 0.25) is 5.02 Å². The third-order valence-electron chi connectivity index (χ3n) is 4.66. The Labute approximate surface area is 156 Å². The summed E-state index contributed by atoms with van der Waals surface area (Å²) in [5, 5.41) is 9.53. The molecule has 1 aromatic carbocycles. The van der Waals surface area contributed by atoms with Gasteiger partial charge in [-0.2, -0.15) is 4.98 Å². The molecule has 1 N–H and O–H groups in total. The van der Waals surface area contributed by atoms with Gasteiger partial charge in [-0.15, -0.1) is 5.10 Å². The zero-order valence-corrected chi connectivity index (χ0v) is 15.8. The fourth-order valence-corrected chi connectivity index (χ4v) is 3.65. The summed E-state index contributed by atoms with van der Waals surface area (Å²) in [6.07, 6.45) is 4.79. The Morgan fingerprint density at radius 3 is 2.92 bits per heavy atom. The first kappa shape index (κ1) is 17.1. The van der Waals surface area contributed by atoms with Crippen LogP contribution in [-0.2, 0) is 0 Å². The summed E-state index contributed by atoms with van der Waals surface area (Å²) < 4.78 is 7.26. The number of nitrogens with zero attached hydrogens (tertiary/aromatic N) is 5. The summed E-state index contributed by atoms with van der Waals surface area (Å²) in [6.45, 7) is 4.06. The van der Waals surface area contributed by atoms with E-state index >= 15 is 0 Å². The topological polar surface area (TPSA) is 68.1 Å². The Bertz CT molecular complexity index is 956. The van der Waals surface area contributed by atoms with Gasteiger partial charge < -0.3 is 15.0 Å². The Balaban J connectivity index is 1.68. The molecule has 1 aliphatic rings. The van der Waals surface area contributed by atoms with E-state index in [0.717, 1.165) is 36.1 Å². The number of hydrogen-bond acceptors (Lipinski definition) is 6. The molecule has 1 aliphatic heterocycles. The van der Waals surface area contributed by atoms with Crippen molar-refractivity contribution in [3.63, 3.8) is 0 Å². The summed E-state index contributed by atoms with van der Waals surface area (Å²) in [5.74, 6) is 1.28. The second-order valence-electron chi connectivity index (χ2n) is 6.71. The molecule has 0 spiro atoms. The van der Waals surface area contributed by atoms with Gasteiger partial charge in [0.25, 0.3) is 0 Å². The van der Waals surface area contributed by atoms with Gasteiger partial charge in [0, 0.05) is 36.1 Å². The van der Waals surface area contributed by atoms with Crippen molar-refractivity contribution in [2.24, 2.45) is 0 Å². The maximum atomic E-state index is 6.14. The number of anilines is 1. The fraction of sp³-hybridized carbons (Fsp3) is 0.389. The van der Waals surface area contributed by atoms with Gasteiger partial charge in [0.05, 0.1) is 12.5 Å². The Kier molecular flexibility index (Phi) is 4.42. The monoisotopic (exact) mass is 372 g/mol. The van der Waals surface area contributed by atoms with Gasteiger partial charge in [-0.25, -0.2) is 9.67 Å². The molecule has 3 heterocycles. The van der Waals surface area contributed by atoms with E-state index in [-0.39, 0.29) is 0 Å². The van der Waals surface area contributed by atoms with Crippen LogP contribution in [0.4, 0.5) is 5.95 Å². The Hall–Kier alpha value is -2.38. The number of likely N-dealkylation sites (N-methyl/N-ethyl adjacent to an activating group) is 1. The third kappa shape index (κ3) is 3.20. The lowest BCUT2D eigenvalue weighted by Gasteiger charge is -2.12. The van der Waals surface area contributed by atoms with Gasteiger partial charge in [-0.05, 0) is 38.6 Å². The normalized spacial score (nSPS) is 17.8. The minimum Gasteiger partial charge on any atom is -0.494 e. The predicted molar refractivity (Wildman–Crippen MR) is 102 cm³/mol. The van der Waals surface area contributed by atoms with E-state index in [4.69, 9.17) is 16.3 Å². The van der Waals surface area contributed by atoms with Crippen molar-refractivity contribution in [3.05, 3.63) is 35.1 Å². The second-order valence-corrected chi connectivity index (χ2v) is 7.15. The highest BCUT2D eigenvalue weighted by Crippen LogP contribution is 2.31. The number of likely N-dealkylation sites (tertiary alicyclic amines) is 1. The van der Waals surface area contributed by atoms with E-state index < -0.39 is 0 Å². The van der Waals surface area contributed by atoms with E-state index in [2.05, 4.69) is 32.3 Å². The molecule has 0 radical (unpaired) electrons. The molecule has 26 heavy (non-hydrogen) atoms. The van der Waals surface area contributed by atoms with E-state index in [1.807, 2.05) is 19.2 Å². The maximum absolute atomic E-state index is 6.14. The molecule has 0 bridgehead atoms. The van der Waals surface area contributed by atoms with Crippen LogP contribution >= 0.6 is 11.6 Å². The average molecular weight is 373 g/mol. The van der Waals surface area contributed by atoms with E-state index in [1.165, 1.54) is 0 Å². The molecule has 0 saturated carbocycles. The van der Waals surface area contributed by atoms with Crippen molar-refractivity contribution < 1.29 is 4.74 Å². The molecule has 0 unspecified atom stereocenters. The van der Waals surface area contributed by atoms with Gasteiger partial charge in [-0.3, -0.25) is 0 Å². The smallest absolute Gasteiger partial charge is 0.225 e. The van der Waals surface area contributed by atoms with Crippen LogP contribution in [0.1, 0.15) is 12.0 Å². The van der Waals surface area contributed by atoms with E-state index in [9.17, 15) is 0 Å². The minimum atomic E-state index is 0.373. The first-order valence-corrected chi connectivity index (χ1v) is 8.93. The molecule has 8 heteroatoms. The number of hydrogen-bond donors (Lipinski definition) is 1. The maximum Gasteiger partial charge on any atom is 0.225 e. The van der Waals surface area contributed by atoms with Crippen molar-refractivity contribution in [1.29, 1.82) is 0 Å². The minimum absolute atomic E-state index is 0.373. The number of benzene rings is 1. The molecule has 3 aromatic rings. The SMILES string of the molecule is COc1cc(Cl)cc(C)c1-n1cc2cnc(N[C@@H]3CCN(C)C3)nc2n1. The molecule has 0 amide bonds. The van der Waals surface area contributed by atoms with Crippen molar-refractivity contribution in [2.45, 2.75) is 19.4 Å². The van der Waals surface area contributed by atoms with Crippen LogP contribution in [0.5, 0.6) is 5.75 Å². The molecule has 4 rings (SSSR count). The number of ether oxygens (including phenoxy) is 1. The lowest BCUT2D eigenvalue weighted by Crippen LogP contribution is -2.24. The highest BCUT2D eigenvalue weighted by molar-refractivity contribution is 6.30. The van der Waals surface area contributed by atoms with Gasteiger partial charge >= 0.3 is 0 Å². The standard InChI is InChI=1S/C18H21ClN6O/c1-11-6-13(19)7-15(26-3)16(11)25-9-12-8-20-18(22-17(12)23-25)21-14-4-5-24(2)10-14/h6-9,14H,4-5,10H2,1-3H3,(H,21,22,23)/t14-/m1/s1. The van der Waals surface area contributed by atoms with Crippen molar-refractivity contribution in [1.82, 2.24) is 24.6 Å². The predicted octanol–water partition coefficient (Wildman–Crippen LogP) is 2.90. The fourth-order valence-electron chi connectivity index (χ4n) is 3.39. The van der Waals surface area contributed by atoms with Crippen LogP contribution < -0.4 is 10.1 Å². The van der Waals surface area contributed by atoms with Gasteiger partial charge in [0.2, 0.25) is 5.95 Å². The quantitative estimate of drug-likeness (QED) is 0.759. The molecule has 2 aromatic heterocycles. The van der Waals surface area contributed by atoms with Crippen molar-refractivity contribution in [2.75, 3.05) is 32.6 Å². The molecule has 1 atom stereocenters. The number of aryl methyl sites for hydroxylation is 1. The second kappa shape index (κ2) is 6.74. The van der Waals surface area contributed by atoms with Crippen molar-refractivity contribution in [3.8, 4) is 11.4 Å². The van der Waals surface area contributed by atoms with Crippen LogP contribution in [0.25, 0.3) is 16.7 Å². The Morgan fingerprint density at radius 1 is 1.35 bits per heavy atom. The number of fused-ring (bicyclic) bond motifs is 1. The number of nitrogens with one attached hydrogen (secondary N) is 1. The molecule has 1 saturated heterocycles. The molecular weight excluding hydrogens is 352 g/mol. The number of rotatable bonds is 4. The zero-order chi connectivity index (χ0) is 18.3. The molecule has 1 fully saturated rings. The molecule has 0 aliphatic carbocycles. The van der Waals surface area contributed by atoms with E-state index in [1.54, 1.807) is 24.1 Å². The lowest BCUT2D eigenvalue weighted by molar-refractivity contribution is 0.411. The van der Waals surface area contributed by atoms with Crippen LogP contribution in [0.15, 0.2) is 24.5 Å². The Morgan fingerprint density at radius 2 is 2.19 bits per heavy atom. The van der Waals surface area contributed by atoms with Crippen LogP contribution in [0.3, 0.4) is 0 Å². The van der Waals surface area contributed by atoms with Crippen molar-refractivity contribution >= 4 is 28.6 Å². The lowest BCUT2D eigenvalue weighted by atomic mass is 10.2. The van der Waals surface area contributed by atoms with Gasteiger partial charge in [0.1, 0.15) is 11.4 Å². The molecule has 7 nitrogen and oxygen atoms in total. The summed E-state index contributed by atoms with van der Waals surface area (Å²) in [7, 11) is 3.74. The van der Waals surface area contributed by atoms with Gasteiger partial charge in [-0.1, -0.05) is 11.6 Å². The number of halogens is 1. The van der Waals surface area contributed by atoms with Crippen LogP contribution in [-0.4, -0.2) is 57.9 Å². The van der Waals surface area contributed by atoms with Crippen LogP contribution in [0, 0.1) is 6.92 Å². The zero-order valence-electron chi connectivity index (χ0n) is 15.0. The largest absolute Gasteiger partial charge is 0.494 e. The highest BCUT2D eigenvalue weighted by atomic mass is 35.5. The van der Waals surface area contributed by atoms with E-state index in [0.29, 0.717) is 28.4 Å². The number of aromatic nitrogens is 4. The first-order valence-electron chi connectivity index (χ1n) is 8.55. The molecule has 136 valence electrons.